The molecular formula is C17H23N3O2S. The Morgan fingerprint density at radius 2 is 2.43 bits per heavy atom. The molecule has 0 aliphatic carbocycles. The molecule has 3 rings (SSSR count). The van der Waals surface area contributed by atoms with Crippen molar-refractivity contribution in [2.45, 2.75) is 51.4 Å². The van der Waals surface area contributed by atoms with Crippen LogP contribution in [0.1, 0.15) is 55.1 Å². The molecule has 0 saturated carbocycles. The summed E-state index contributed by atoms with van der Waals surface area (Å²) in [5.41, 5.74) is 0. The fourth-order valence-corrected chi connectivity index (χ4v) is 3.64. The number of hydrogen-bond acceptors (Lipinski definition) is 5. The summed E-state index contributed by atoms with van der Waals surface area (Å²) >= 11 is 1.63. The maximum absolute atomic E-state index is 12.5. The van der Waals surface area contributed by atoms with Gasteiger partial charge < -0.3 is 9.42 Å². The lowest BCUT2D eigenvalue weighted by atomic mass is 9.97. The first-order chi connectivity index (χ1) is 11.3. The van der Waals surface area contributed by atoms with E-state index in [0.717, 1.165) is 49.4 Å². The molecule has 1 atom stereocenters. The van der Waals surface area contributed by atoms with Crippen LogP contribution in [0.15, 0.2) is 22.0 Å². The van der Waals surface area contributed by atoms with Gasteiger partial charge in [-0.2, -0.15) is 4.98 Å². The second-order valence-electron chi connectivity index (χ2n) is 6.09. The van der Waals surface area contributed by atoms with Crippen LogP contribution in [0.2, 0.25) is 0 Å². The van der Waals surface area contributed by atoms with Crippen LogP contribution in [-0.4, -0.2) is 34.0 Å². The van der Waals surface area contributed by atoms with Crippen molar-refractivity contribution < 1.29 is 9.32 Å². The zero-order chi connectivity index (χ0) is 16.1. The number of carbonyl (C=O) groups excluding carboxylic acids is 1. The number of aromatic nitrogens is 2. The number of carbonyl (C=O) groups is 1. The van der Waals surface area contributed by atoms with E-state index in [2.05, 4.69) is 17.1 Å². The van der Waals surface area contributed by atoms with Crippen LogP contribution >= 0.6 is 11.3 Å². The van der Waals surface area contributed by atoms with Crippen molar-refractivity contribution in [2.24, 2.45) is 0 Å². The smallest absolute Gasteiger partial charge is 0.231 e. The molecule has 1 fully saturated rings. The first-order valence-corrected chi connectivity index (χ1v) is 9.27. The van der Waals surface area contributed by atoms with E-state index in [9.17, 15) is 4.79 Å². The van der Waals surface area contributed by atoms with E-state index >= 15 is 0 Å². The van der Waals surface area contributed by atoms with Crippen molar-refractivity contribution in [2.75, 3.05) is 13.1 Å². The Hall–Kier alpha value is -1.69. The number of rotatable bonds is 6. The van der Waals surface area contributed by atoms with Gasteiger partial charge in [0.25, 0.3) is 0 Å². The molecule has 0 radical (unpaired) electrons. The normalized spacial score (nSPS) is 18.3. The van der Waals surface area contributed by atoms with Crippen LogP contribution in [0, 0.1) is 0 Å². The highest BCUT2D eigenvalue weighted by molar-refractivity contribution is 7.10. The topological polar surface area (TPSA) is 59.2 Å². The van der Waals surface area contributed by atoms with Gasteiger partial charge in [0.1, 0.15) is 0 Å². The summed E-state index contributed by atoms with van der Waals surface area (Å²) in [7, 11) is 0. The number of unbranched alkanes of at least 4 members (excludes halogenated alkanes) is 1. The fourth-order valence-electron chi connectivity index (χ4n) is 2.95. The molecule has 1 amide bonds. The summed E-state index contributed by atoms with van der Waals surface area (Å²) in [6.45, 7) is 3.68. The molecule has 124 valence electrons. The second-order valence-corrected chi connectivity index (χ2v) is 7.12. The molecule has 2 aromatic heterocycles. The number of thiophene rings is 1. The molecule has 23 heavy (non-hydrogen) atoms. The van der Waals surface area contributed by atoms with Gasteiger partial charge in [0.2, 0.25) is 11.8 Å². The Bertz CT molecular complexity index is 624. The van der Waals surface area contributed by atoms with Gasteiger partial charge >= 0.3 is 0 Å². The Labute approximate surface area is 140 Å². The summed E-state index contributed by atoms with van der Waals surface area (Å²) in [5.74, 6) is 1.87. The average Bonchev–Trinajstić information content (AvgIpc) is 3.24. The van der Waals surface area contributed by atoms with Gasteiger partial charge in [0.05, 0.1) is 12.3 Å². The van der Waals surface area contributed by atoms with Gasteiger partial charge in [0.15, 0.2) is 5.82 Å². The zero-order valence-electron chi connectivity index (χ0n) is 13.5. The minimum atomic E-state index is 0.180. The molecule has 2 aromatic rings. The van der Waals surface area contributed by atoms with Crippen LogP contribution in [-0.2, 0) is 17.6 Å². The lowest BCUT2D eigenvalue weighted by Crippen LogP contribution is -2.39. The van der Waals surface area contributed by atoms with E-state index in [-0.39, 0.29) is 11.8 Å². The molecule has 3 heterocycles. The quantitative estimate of drug-likeness (QED) is 0.813. The molecule has 1 aliphatic rings. The zero-order valence-corrected chi connectivity index (χ0v) is 14.3. The lowest BCUT2D eigenvalue weighted by molar-refractivity contribution is -0.131. The summed E-state index contributed by atoms with van der Waals surface area (Å²) in [5, 5.41) is 6.08. The van der Waals surface area contributed by atoms with Crippen molar-refractivity contribution >= 4 is 17.2 Å². The molecule has 0 spiro atoms. The maximum atomic E-state index is 12.5. The van der Waals surface area contributed by atoms with Crippen LogP contribution in [0.25, 0.3) is 0 Å². The first kappa shape index (κ1) is 16.2. The number of piperidine rings is 1. The van der Waals surface area contributed by atoms with Gasteiger partial charge in [-0.05, 0) is 30.7 Å². The van der Waals surface area contributed by atoms with Crippen LogP contribution in [0.5, 0.6) is 0 Å². The highest BCUT2D eigenvalue weighted by atomic mass is 32.1. The Morgan fingerprint density at radius 3 is 3.22 bits per heavy atom. The lowest BCUT2D eigenvalue weighted by Gasteiger charge is -2.31. The molecule has 1 aliphatic heterocycles. The molecule has 6 heteroatoms. The fraction of sp³-hybridized carbons (Fsp3) is 0.588. The van der Waals surface area contributed by atoms with Gasteiger partial charge in [0, 0.05) is 24.4 Å². The number of likely N-dealkylation sites (tertiary alicyclic amines) is 1. The van der Waals surface area contributed by atoms with Crippen molar-refractivity contribution in [3.8, 4) is 0 Å². The summed E-state index contributed by atoms with van der Waals surface area (Å²) < 4.78 is 5.44. The standard InChI is InChI=1S/C17H23N3O2S/c1-2-3-8-15-18-17(22-19-15)13-6-4-9-20(12-13)16(21)11-14-7-5-10-23-14/h5,7,10,13H,2-4,6,8-9,11-12H2,1H3/t13-/m0/s1. The van der Waals surface area contributed by atoms with Gasteiger partial charge in [-0.15, -0.1) is 11.3 Å². The number of nitrogens with zero attached hydrogens (tertiary/aromatic N) is 3. The van der Waals surface area contributed by atoms with E-state index in [1.54, 1.807) is 11.3 Å². The monoisotopic (exact) mass is 333 g/mol. The molecule has 0 aromatic carbocycles. The minimum absolute atomic E-state index is 0.180. The van der Waals surface area contributed by atoms with Gasteiger partial charge in [-0.3, -0.25) is 4.79 Å². The van der Waals surface area contributed by atoms with Crippen molar-refractivity contribution in [3.05, 3.63) is 34.1 Å². The molecule has 5 nitrogen and oxygen atoms in total. The van der Waals surface area contributed by atoms with E-state index in [0.29, 0.717) is 18.9 Å². The summed E-state index contributed by atoms with van der Waals surface area (Å²) in [6.07, 6.45) is 5.57. The van der Waals surface area contributed by atoms with Gasteiger partial charge in [-0.25, -0.2) is 0 Å². The highest BCUT2D eigenvalue weighted by Gasteiger charge is 2.28. The van der Waals surface area contributed by atoms with Crippen LogP contribution in [0.4, 0.5) is 0 Å². The van der Waals surface area contributed by atoms with E-state index < -0.39 is 0 Å². The highest BCUT2D eigenvalue weighted by Crippen LogP contribution is 2.26. The third kappa shape index (κ3) is 4.19. The second kappa shape index (κ2) is 7.73. The van der Waals surface area contributed by atoms with Gasteiger partial charge in [-0.1, -0.05) is 24.6 Å². The number of aryl methyl sites for hydroxylation is 1. The van der Waals surface area contributed by atoms with Crippen molar-refractivity contribution in [1.29, 1.82) is 0 Å². The summed E-state index contributed by atoms with van der Waals surface area (Å²) in [6, 6.07) is 4.00. The maximum Gasteiger partial charge on any atom is 0.231 e. The Morgan fingerprint density at radius 1 is 1.52 bits per heavy atom. The Kier molecular flexibility index (Phi) is 5.43. The van der Waals surface area contributed by atoms with Crippen LogP contribution < -0.4 is 0 Å². The molecular weight excluding hydrogens is 310 g/mol. The molecule has 1 saturated heterocycles. The predicted octanol–water partition coefficient (Wildman–Crippen LogP) is 3.42. The predicted molar refractivity (Wildman–Crippen MR) is 89.5 cm³/mol. The number of hydrogen-bond donors (Lipinski definition) is 0. The number of amides is 1. The Balaban J connectivity index is 1.59. The molecule has 0 N–H and O–H groups in total. The average molecular weight is 333 g/mol. The summed E-state index contributed by atoms with van der Waals surface area (Å²) in [4.78, 5) is 20.1. The SMILES string of the molecule is CCCCc1noc([C@H]2CCCN(C(=O)Cc3cccs3)C2)n1. The van der Waals surface area contributed by atoms with E-state index in [4.69, 9.17) is 4.52 Å². The molecule has 0 unspecified atom stereocenters. The van der Waals surface area contributed by atoms with Crippen molar-refractivity contribution in [3.63, 3.8) is 0 Å². The largest absolute Gasteiger partial charge is 0.342 e. The van der Waals surface area contributed by atoms with Crippen molar-refractivity contribution in [1.82, 2.24) is 15.0 Å². The van der Waals surface area contributed by atoms with E-state index in [1.165, 1.54) is 0 Å². The van der Waals surface area contributed by atoms with E-state index in [1.807, 2.05) is 22.4 Å². The third-order valence-corrected chi connectivity index (χ3v) is 5.14. The first-order valence-electron chi connectivity index (χ1n) is 8.39. The minimum Gasteiger partial charge on any atom is -0.342 e. The third-order valence-electron chi connectivity index (χ3n) is 4.27. The van der Waals surface area contributed by atoms with Crippen LogP contribution in [0.3, 0.4) is 0 Å². The molecule has 0 bridgehead atoms.